The van der Waals surface area contributed by atoms with Crippen molar-refractivity contribution in [2.75, 3.05) is 6.54 Å². The zero-order valence-electron chi connectivity index (χ0n) is 9.56. The molecule has 1 aromatic carbocycles. The lowest BCUT2D eigenvalue weighted by Crippen LogP contribution is -2.00. The van der Waals surface area contributed by atoms with E-state index in [1.54, 1.807) is 0 Å². The van der Waals surface area contributed by atoms with Crippen LogP contribution in [0.15, 0.2) is 12.1 Å². The highest BCUT2D eigenvalue weighted by Crippen LogP contribution is 2.17. The molecule has 0 fully saturated rings. The highest BCUT2D eigenvalue weighted by molar-refractivity contribution is 5.37. The van der Waals surface area contributed by atoms with Crippen molar-refractivity contribution >= 4 is 0 Å². The van der Waals surface area contributed by atoms with Crippen molar-refractivity contribution in [3.05, 3.63) is 34.4 Å². The average molecular weight is 191 g/mol. The summed E-state index contributed by atoms with van der Waals surface area (Å²) in [5.41, 5.74) is 11.2. The van der Waals surface area contributed by atoms with Gasteiger partial charge in [-0.05, 0) is 63.3 Å². The summed E-state index contributed by atoms with van der Waals surface area (Å²) in [4.78, 5) is 0. The molecule has 14 heavy (non-hydrogen) atoms. The summed E-state index contributed by atoms with van der Waals surface area (Å²) in [6.45, 7) is 7.38. The van der Waals surface area contributed by atoms with Crippen molar-refractivity contribution in [2.24, 2.45) is 5.73 Å². The standard InChI is InChI=1S/C13H21N/c1-10-8-11(2)12(3)13(9-10)6-4-5-7-14/h8-9H,4-7,14H2,1-3H3. The van der Waals surface area contributed by atoms with Crippen molar-refractivity contribution in [3.63, 3.8) is 0 Å². The molecule has 0 saturated carbocycles. The molecular formula is C13H21N. The van der Waals surface area contributed by atoms with Gasteiger partial charge >= 0.3 is 0 Å². The molecule has 0 unspecified atom stereocenters. The van der Waals surface area contributed by atoms with E-state index in [1.165, 1.54) is 35.1 Å². The molecule has 2 N–H and O–H groups in total. The maximum Gasteiger partial charge on any atom is -0.00772 e. The minimum Gasteiger partial charge on any atom is -0.330 e. The van der Waals surface area contributed by atoms with Crippen LogP contribution in [-0.2, 0) is 6.42 Å². The second-order valence-electron chi connectivity index (χ2n) is 4.11. The third-order valence-electron chi connectivity index (χ3n) is 2.82. The van der Waals surface area contributed by atoms with E-state index in [1.807, 2.05) is 0 Å². The first kappa shape index (κ1) is 11.3. The first-order valence-corrected chi connectivity index (χ1v) is 5.42. The van der Waals surface area contributed by atoms with Crippen molar-refractivity contribution in [1.29, 1.82) is 0 Å². The highest BCUT2D eigenvalue weighted by Gasteiger charge is 2.02. The lowest BCUT2D eigenvalue weighted by molar-refractivity contribution is 0.741. The van der Waals surface area contributed by atoms with E-state index in [0.717, 1.165) is 13.0 Å². The predicted octanol–water partition coefficient (Wildman–Crippen LogP) is 2.89. The summed E-state index contributed by atoms with van der Waals surface area (Å²) in [6, 6.07) is 4.56. The molecule has 1 aromatic rings. The van der Waals surface area contributed by atoms with Crippen LogP contribution < -0.4 is 5.73 Å². The summed E-state index contributed by atoms with van der Waals surface area (Å²) in [5, 5.41) is 0. The SMILES string of the molecule is Cc1cc(C)c(C)c(CCCCN)c1. The third-order valence-corrected chi connectivity index (χ3v) is 2.82. The van der Waals surface area contributed by atoms with Crippen LogP contribution in [0.1, 0.15) is 35.1 Å². The Morgan fingerprint density at radius 3 is 2.43 bits per heavy atom. The Bertz CT molecular complexity index is 302. The average Bonchev–Trinajstić information content (AvgIpc) is 2.13. The topological polar surface area (TPSA) is 26.0 Å². The van der Waals surface area contributed by atoms with Crippen LogP contribution in [0.3, 0.4) is 0 Å². The number of benzene rings is 1. The Labute approximate surface area is 87.3 Å². The van der Waals surface area contributed by atoms with Gasteiger partial charge in [-0.3, -0.25) is 0 Å². The number of nitrogens with two attached hydrogens (primary N) is 1. The Morgan fingerprint density at radius 1 is 1.07 bits per heavy atom. The molecule has 0 amide bonds. The maximum atomic E-state index is 5.49. The molecular weight excluding hydrogens is 170 g/mol. The second-order valence-corrected chi connectivity index (χ2v) is 4.11. The van der Waals surface area contributed by atoms with Gasteiger partial charge in [0.1, 0.15) is 0 Å². The summed E-state index contributed by atoms with van der Waals surface area (Å²) < 4.78 is 0. The van der Waals surface area contributed by atoms with Crippen LogP contribution >= 0.6 is 0 Å². The van der Waals surface area contributed by atoms with Gasteiger partial charge in [0, 0.05) is 0 Å². The largest absolute Gasteiger partial charge is 0.330 e. The molecule has 78 valence electrons. The van der Waals surface area contributed by atoms with E-state index in [0.29, 0.717) is 0 Å². The monoisotopic (exact) mass is 191 g/mol. The second kappa shape index (κ2) is 5.16. The molecule has 1 nitrogen and oxygen atoms in total. The van der Waals surface area contributed by atoms with Crippen LogP contribution in [-0.4, -0.2) is 6.54 Å². The summed E-state index contributed by atoms with van der Waals surface area (Å²) >= 11 is 0. The van der Waals surface area contributed by atoms with Crippen molar-refractivity contribution in [3.8, 4) is 0 Å². The van der Waals surface area contributed by atoms with E-state index in [2.05, 4.69) is 32.9 Å². The van der Waals surface area contributed by atoms with Gasteiger partial charge in [0.15, 0.2) is 0 Å². The number of aryl methyl sites for hydroxylation is 3. The fraction of sp³-hybridized carbons (Fsp3) is 0.538. The fourth-order valence-electron chi connectivity index (χ4n) is 1.85. The minimum absolute atomic E-state index is 0.809. The van der Waals surface area contributed by atoms with Gasteiger partial charge in [0.25, 0.3) is 0 Å². The van der Waals surface area contributed by atoms with E-state index in [4.69, 9.17) is 5.73 Å². The van der Waals surface area contributed by atoms with Gasteiger partial charge in [0.05, 0.1) is 0 Å². The summed E-state index contributed by atoms with van der Waals surface area (Å²) in [7, 11) is 0. The molecule has 0 aliphatic heterocycles. The molecule has 0 aliphatic rings. The molecule has 1 heteroatoms. The van der Waals surface area contributed by atoms with Crippen molar-refractivity contribution in [1.82, 2.24) is 0 Å². The fourth-order valence-corrected chi connectivity index (χ4v) is 1.85. The number of hydrogen-bond donors (Lipinski definition) is 1. The molecule has 0 heterocycles. The Kier molecular flexibility index (Phi) is 4.15. The lowest BCUT2D eigenvalue weighted by Gasteiger charge is -2.10. The number of rotatable bonds is 4. The zero-order chi connectivity index (χ0) is 10.6. The Hall–Kier alpha value is -0.820. The number of hydrogen-bond acceptors (Lipinski definition) is 1. The third kappa shape index (κ3) is 2.85. The van der Waals surface area contributed by atoms with Crippen LogP contribution in [0.4, 0.5) is 0 Å². The van der Waals surface area contributed by atoms with Gasteiger partial charge in [-0.25, -0.2) is 0 Å². The smallest absolute Gasteiger partial charge is 0.00772 e. The molecule has 0 atom stereocenters. The Morgan fingerprint density at radius 2 is 1.79 bits per heavy atom. The maximum absolute atomic E-state index is 5.49. The van der Waals surface area contributed by atoms with E-state index in [-0.39, 0.29) is 0 Å². The number of unbranched alkanes of at least 4 members (excludes halogenated alkanes) is 1. The highest BCUT2D eigenvalue weighted by atomic mass is 14.5. The summed E-state index contributed by atoms with van der Waals surface area (Å²) in [6.07, 6.45) is 3.51. The van der Waals surface area contributed by atoms with E-state index >= 15 is 0 Å². The minimum atomic E-state index is 0.809. The van der Waals surface area contributed by atoms with Crippen LogP contribution in [0.2, 0.25) is 0 Å². The van der Waals surface area contributed by atoms with E-state index < -0.39 is 0 Å². The van der Waals surface area contributed by atoms with Gasteiger partial charge in [-0.2, -0.15) is 0 Å². The molecule has 0 bridgehead atoms. The first-order valence-electron chi connectivity index (χ1n) is 5.42. The van der Waals surface area contributed by atoms with Crippen LogP contribution in [0, 0.1) is 20.8 Å². The predicted molar refractivity (Wildman–Crippen MR) is 62.6 cm³/mol. The van der Waals surface area contributed by atoms with Gasteiger partial charge < -0.3 is 5.73 Å². The molecule has 0 aliphatic carbocycles. The zero-order valence-corrected chi connectivity index (χ0v) is 9.56. The van der Waals surface area contributed by atoms with Gasteiger partial charge in [0.2, 0.25) is 0 Å². The molecule has 0 radical (unpaired) electrons. The van der Waals surface area contributed by atoms with Gasteiger partial charge in [-0.1, -0.05) is 17.7 Å². The normalized spacial score (nSPS) is 10.6. The molecule has 1 rings (SSSR count). The molecule has 0 spiro atoms. The molecule has 0 saturated heterocycles. The van der Waals surface area contributed by atoms with Crippen LogP contribution in [0.25, 0.3) is 0 Å². The Balaban J connectivity index is 2.75. The van der Waals surface area contributed by atoms with Gasteiger partial charge in [-0.15, -0.1) is 0 Å². The van der Waals surface area contributed by atoms with E-state index in [9.17, 15) is 0 Å². The van der Waals surface area contributed by atoms with Crippen LogP contribution in [0.5, 0.6) is 0 Å². The quantitative estimate of drug-likeness (QED) is 0.728. The van der Waals surface area contributed by atoms with Crippen molar-refractivity contribution < 1.29 is 0 Å². The molecule has 0 aromatic heterocycles. The summed E-state index contributed by atoms with van der Waals surface area (Å²) in [5.74, 6) is 0. The first-order chi connectivity index (χ1) is 6.65. The lowest BCUT2D eigenvalue weighted by atomic mass is 9.96. The van der Waals surface area contributed by atoms with Crippen molar-refractivity contribution in [2.45, 2.75) is 40.0 Å².